The van der Waals surface area contributed by atoms with E-state index in [4.69, 9.17) is 0 Å². The van der Waals surface area contributed by atoms with E-state index in [9.17, 15) is 18.8 Å². The minimum atomic E-state index is -0.559. The summed E-state index contributed by atoms with van der Waals surface area (Å²) in [5, 5.41) is 5.25. The predicted molar refractivity (Wildman–Crippen MR) is 106 cm³/mol. The number of nitrogens with zero attached hydrogens (tertiary/aromatic N) is 1. The van der Waals surface area contributed by atoms with Gasteiger partial charge in [-0.05, 0) is 50.1 Å². The van der Waals surface area contributed by atoms with Gasteiger partial charge in [0.05, 0.1) is 13.1 Å². The third-order valence-corrected chi connectivity index (χ3v) is 4.23. The molecule has 7 heteroatoms. The normalized spacial score (nSPS) is 10.3. The maximum atomic E-state index is 13.2. The molecule has 0 aliphatic heterocycles. The van der Waals surface area contributed by atoms with Crippen molar-refractivity contribution in [2.45, 2.75) is 20.8 Å². The Labute approximate surface area is 163 Å². The first kappa shape index (κ1) is 21.1. The van der Waals surface area contributed by atoms with Crippen molar-refractivity contribution < 1.29 is 18.8 Å². The minimum Gasteiger partial charge on any atom is -0.343 e. The van der Waals surface area contributed by atoms with Gasteiger partial charge >= 0.3 is 0 Å². The van der Waals surface area contributed by atoms with Gasteiger partial charge in [-0.2, -0.15) is 0 Å². The first-order valence-electron chi connectivity index (χ1n) is 8.83. The van der Waals surface area contributed by atoms with Gasteiger partial charge in [0.15, 0.2) is 0 Å². The Morgan fingerprint density at radius 3 is 2.29 bits per heavy atom. The number of carbonyl (C=O) groups excluding carboxylic acids is 3. The number of aryl methyl sites for hydroxylation is 3. The minimum absolute atomic E-state index is 0.124. The third kappa shape index (κ3) is 5.64. The maximum Gasteiger partial charge on any atom is 0.251 e. The summed E-state index contributed by atoms with van der Waals surface area (Å²) in [6, 6.07) is 9.12. The molecule has 0 saturated carbocycles. The summed E-state index contributed by atoms with van der Waals surface area (Å²) in [4.78, 5) is 37.6. The summed E-state index contributed by atoms with van der Waals surface area (Å²) in [5.74, 6) is -1.86. The highest BCUT2D eigenvalue weighted by Gasteiger charge is 2.16. The van der Waals surface area contributed by atoms with Crippen LogP contribution >= 0.6 is 0 Å². The Morgan fingerprint density at radius 2 is 1.68 bits per heavy atom. The summed E-state index contributed by atoms with van der Waals surface area (Å²) in [6.07, 6.45) is 0. The van der Waals surface area contributed by atoms with Gasteiger partial charge in [-0.25, -0.2) is 4.39 Å². The van der Waals surface area contributed by atoms with Crippen LogP contribution in [0.4, 0.5) is 10.1 Å². The molecule has 0 spiro atoms. The van der Waals surface area contributed by atoms with Crippen molar-refractivity contribution in [1.29, 1.82) is 0 Å². The Balaban J connectivity index is 1.88. The molecule has 0 saturated heterocycles. The van der Waals surface area contributed by atoms with Crippen LogP contribution in [0.5, 0.6) is 0 Å². The number of nitrogens with one attached hydrogen (secondary N) is 2. The zero-order chi connectivity index (χ0) is 20.8. The first-order valence-corrected chi connectivity index (χ1v) is 8.83. The second kappa shape index (κ2) is 9.12. The molecule has 28 heavy (non-hydrogen) atoms. The number of benzene rings is 2. The van der Waals surface area contributed by atoms with E-state index in [1.54, 1.807) is 0 Å². The molecule has 0 aliphatic rings. The van der Waals surface area contributed by atoms with Gasteiger partial charge in [0.1, 0.15) is 5.82 Å². The number of carbonyl (C=O) groups is 3. The van der Waals surface area contributed by atoms with Gasteiger partial charge in [0.2, 0.25) is 11.8 Å². The van der Waals surface area contributed by atoms with Crippen LogP contribution in [0.2, 0.25) is 0 Å². The molecule has 0 radical (unpaired) electrons. The molecule has 0 unspecified atom stereocenters. The van der Waals surface area contributed by atoms with Gasteiger partial charge in [-0.3, -0.25) is 14.4 Å². The second-order valence-electron chi connectivity index (χ2n) is 6.76. The van der Waals surface area contributed by atoms with E-state index in [-0.39, 0.29) is 24.6 Å². The van der Waals surface area contributed by atoms with Crippen LogP contribution in [0.25, 0.3) is 0 Å². The molecule has 148 valence electrons. The van der Waals surface area contributed by atoms with Crippen molar-refractivity contribution in [2.24, 2.45) is 0 Å². The Bertz CT molecular complexity index is 889. The van der Waals surface area contributed by atoms with Crippen LogP contribution in [-0.2, 0) is 9.59 Å². The Hall–Kier alpha value is -3.22. The molecule has 2 rings (SSSR count). The molecule has 0 aliphatic carbocycles. The number of halogens is 1. The Kier molecular flexibility index (Phi) is 6.87. The van der Waals surface area contributed by atoms with Crippen LogP contribution in [0.1, 0.15) is 27.0 Å². The highest BCUT2D eigenvalue weighted by Crippen LogP contribution is 2.21. The fourth-order valence-corrected chi connectivity index (χ4v) is 2.88. The third-order valence-electron chi connectivity index (χ3n) is 4.23. The molecular formula is C21H24FN3O3. The second-order valence-corrected chi connectivity index (χ2v) is 6.76. The zero-order valence-electron chi connectivity index (χ0n) is 16.4. The SMILES string of the molecule is Cc1cc(C)c(NC(=O)CN(C)C(=O)CNC(=O)c2cccc(F)c2)c(C)c1. The summed E-state index contributed by atoms with van der Waals surface area (Å²) in [7, 11) is 1.48. The maximum absolute atomic E-state index is 13.2. The standard InChI is InChI=1S/C21H24FN3O3/c1-13-8-14(2)20(15(3)9-13)24-18(26)12-25(4)19(27)11-23-21(28)16-6-5-7-17(22)10-16/h5-10H,11-12H2,1-4H3,(H,23,28)(H,24,26). The van der Waals surface area contributed by atoms with Crippen molar-refractivity contribution in [3.8, 4) is 0 Å². The number of rotatable bonds is 6. The highest BCUT2D eigenvalue weighted by molar-refractivity contribution is 5.98. The lowest BCUT2D eigenvalue weighted by atomic mass is 10.1. The molecule has 2 aromatic carbocycles. The molecular weight excluding hydrogens is 361 g/mol. The van der Waals surface area contributed by atoms with Crippen LogP contribution in [0.3, 0.4) is 0 Å². The molecule has 2 N–H and O–H groups in total. The van der Waals surface area contributed by atoms with E-state index in [0.29, 0.717) is 0 Å². The number of amides is 3. The van der Waals surface area contributed by atoms with Crippen LogP contribution < -0.4 is 10.6 Å². The average Bonchev–Trinajstić information content (AvgIpc) is 2.62. The number of hydrogen-bond donors (Lipinski definition) is 2. The lowest BCUT2D eigenvalue weighted by Gasteiger charge is -2.18. The van der Waals surface area contributed by atoms with Gasteiger partial charge in [-0.15, -0.1) is 0 Å². The molecule has 0 aromatic heterocycles. The van der Waals surface area contributed by atoms with Crippen molar-refractivity contribution in [1.82, 2.24) is 10.2 Å². The van der Waals surface area contributed by atoms with E-state index >= 15 is 0 Å². The number of hydrogen-bond acceptors (Lipinski definition) is 3. The molecule has 0 bridgehead atoms. The monoisotopic (exact) mass is 385 g/mol. The van der Waals surface area contributed by atoms with Crippen LogP contribution in [0.15, 0.2) is 36.4 Å². The van der Waals surface area contributed by atoms with Gasteiger partial charge in [0.25, 0.3) is 5.91 Å². The molecule has 0 heterocycles. The molecule has 0 fully saturated rings. The first-order chi connectivity index (χ1) is 13.2. The predicted octanol–water partition coefficient (Wildman–Crippen LogP) is 2.58. The number of anilines is 1. The smallest absolute Gasteiger partial charge is 0.251 e. The summed E-state index contributed by atoms with van der Waals surface area (Å²) >= 11 is 0. The molecule has 3 amide bonds. The van der Waals surface area contributed by atoms with E-state index in [2.05, 4.69) is 10.6 Å². The fraction of sp³-hybridized carbons (Fsp3) is 0.286. The summed E-state index contributed by atoms with van der Waals surface area (Å²) < 4.78 is 13.2. The average molecular weight is 385 g/mol. The lowest BCUT2D eigenvalue weighted by molar-refractivity contribution is -0.132. The van der Waals surface area contributed by atoms with Crippen LogP contribution in [-0.4, -0.2) is 42.8 Å². The van der Waals surface area contributed by atoms with E-state index in [0.717, 1.165) is 28.4 Å². The van der Waals surface area contributed by atoms with Crippen molar-refractivity contribution in [3.63, 3.8) is 0 Å². The van der Waals surface area contributed by atoms with Gasteiger partial charge in [-0.1, -0.05) is 23.8 Å². The van der Waals surface area contributed by atoms with Crippen molar-refractivity contribution in [2.75, 3.05) is 25.5 Å². The molecule has 6 nitrogen and oxygen atoms in total. The van der Waals surface area contributed by atoms with Crippen LogP contribution in [0, 0.1) is 26.6 Å². The lowest BCUT2D eigenvalue weighted by Crippen LogP contribution is -2.41. The van der Waals surface area contributed by atoms with Crippen molar-refractivity contribution >= 4 is 23.4 Å². The summed E-state index contributed by atoms with van der Waals surface area (Å²) in [6.45, 7) is 5.36. The zero-order valence-corrected chi connectivity index (χ0v) is 16.4. The van der Waals surface area contributed by atoms with E-state index in [1.807, 2.05) is 32.9 Å². The Morgan fingerprint density at radius 1 is 1.04 bits per heavy atom. The quantitative estimate of drug-likeness (QED) is 0.802. The van der Waals surface area contributed by atoms with E-state index < -0.39 is 17.6 Å². The number of likely N-dealkylation sites (N-methyl/N-ethyl adjacent to an activating group) is 1. The highest BCUT2D eigenvalue weighted by atomic mass is 19.1. The topological polar surface area (TPSA) is 78.5 Å². The fourth-order valence-electron chi connectivity index (χ4n) is 2.88. The largest absolute Gasteiger partial charge is 0.343 e. The van der Waals surface area contributed by atoms with Gasteiger partial charge < -0.3 is 15.5 Å². The van der Waals surface area contributed by atoms with E-state index in [1.165, 1.54) is 30.1 Å². The van der Waals surface area contributed by atoms with Crippen molar-refractivity contribution in [3.05, 3.63) is 64.5 Å². The molecule has 2 aromatic rings. The van der Waals surface area contributed by atoms with Gasteiger partial charge in [0, 0.05) is 18.3 Å². The summed E-state index contributed by atoms with van der Waals surface area (Å²) in [5.41, 5.74) is 3.85. The molecule has 0 atom stereocenters.